The van der Waals surface area contributed by atoms with Crippen molar-refractivity contribution in [1.29, 1.82) is 0 Å². The molecule has 4 heterocycles. The van der Waals surface area contributed by atoms with Crippen molar-refractivity contribution < 1.29 is 4.92 Å². The lowest BCUT2D eigenvalue weighted by Crippen LogP contribution is -2.26. The highest BCUT2D eigenvalue weighted by molar-refractivity contribution is 7.15. The van der Waals surface area contributed by atoms with E-state index in [2.05, 4.69) is 15.2 Å². The Morgan fingerprint density at radius 1 is 1.42 bits per heavy atom. The Kier molecular flexibility index (Phi) is 2.30. The highest BCUT2D eigenvalue weighted by Gasteiger charge is 2.40. The fraction of sp³-hybridized carbons (Fsp3) is 0.545. The van der Waals surface area contributed by atoms with Gasteiger partial charge in [-0.05, 0) is 16.8 Å². The fourth-order valence-electron chi connectivity index (χ4n) is 3.17. The number of anilines is 1. The highest BCUT2D eigenvalue weighted by atomic mass is 32.1. The van der Waals surface area contributed by atoms with Crippen LogP contribution in [0, 0.1) is 22.0 Å². The third-order valence-corrected chi connectivity index (χ3v) is 4.84. The molecule has 0 saturated carbocycles. The van der Waals surface area contributed by atoms with Gasteiger partial charge in [0.2, 0.25) is 5.82 Å². The summed E-state index contributed by atoms with van der Waals surface area (Å²) in [7, 11) is 0. The van der Waals surface area contributed by atoms with E-state index in [1.54, 1.807) is 10.6 Å². The Morgan fingerprint density at radius 3 is 2.84 bits per heavy atom. The lowest BCUT2D eigenvalue weighted by atomic mass is 10.0. The zero-order valence-corrected chi connectivity index (χ0v) is 11.0. The molecule has 0 amide bonds. The van der Waals surface area contributed by atoms with Gasteiger partial charge in [0, 0.05) is 31.6 Å². The minimum atomic E-state index is -0.325. The summed E-state index contributed by atoms with van der Waals surface area (Å²) in [5, 5.41) is 16.5. The van der Waals surface area contributed by atoms with Crippen molar-refractivity contribution in [1.82, 2.24) is 14.7 Å². The second-order valence-electron chi connectivity index (χ2n) is 5.16. The predicted octanol–water partition coefficient (Wildman–Crippen LogP) is 0.960. The van der Waals surface area contributed by atoms with Crippen molar-refractivity contribution in [3.63, 3.8) is 0 Å². The van der Waals surface area contributed by atoms with Crippen LogP contribution in [0.4, 0.5) is 11.6 Å². The van der Waals surface area contributed by atoms with Crippen LogP contribution in [0.15, 0.2) is 11.6 Å². The topological polar surface area (TPSA) is 75.7 Å². The number of hydrogen-bond donors (Lipinski definition) is 1. The van der Waals surface area contributed by atoms with Gasteiger partial charge in [-0.1, -0.05) is 11.3 Å². The summed E-state index contributed by atoms with van der Waals surface area (Å²) in [6.07, 6.45) is 1.72. The first-order valence-corrected chi connectivity index (χ1v) is 7.17. The van der Waals surface area contributed by atoms with E-state index in [9.17, 15) is 10.1 Å². The summed E-state index contributed by atoms with van der Waals surface area (Å²) < 4.78 is 1.58. The van der Waals surface area contributed by atoms with Crippen LogP contribution in [-0.2, 0) is 0 Å². The lowest BCUT2D eigenvalue weighted by molar-refractivity contribution is -0.389. The summed E-state index contributed by atoms with van der Waals surface area (Å²) in [6.45, 7) is 3.75. The van der Waals surface area contributed by atoms with Crippen LogP contribution in [0.2, 0.25) is 0 Å². The monoisotopic (exact) mass is 279 g/mol. The molecule has 0 spiro atoms. The van der Waals surface area contributed by atoms with Crippen molar-refractivity contribution in [3.8, 4) is 0 Å². The number of aromatic nitrogens is 2. The predicted molar refractivity (Wildman–Crippen MR) is 71.8 cm³/mol. The molecule has 2 fully saturated rings. The Morgan fingerprint density at radius 2 is 2.16 bits per heavy atom. The van der Waals surface area contributed by atoms with Gasteiger partial charge in [-0.3, -0.25) is 0 Å². The number of nitro groups is 1. The van der Waals surface area contributed by atoms with Gasteiger partial charge >= 0.3 is 5.82 Å². The molecule has 1 N–H and O–H groups in total. The van der Waals surface area contributed by atoms with Crippen molar-refractivity contribution in [2.45, 2.75) is 0 Å². The summed E-state index contributed by atoms with van der Waals surface area (Å²) >= 11 is 1.43. The third kappa shape index (κ3) is 1.56. The van der Waals surface area contributed by atoms with E-state index in [-0.39, 0.29) is 10.7 Å². The van der Waals surface area contributed by atoms with Crippen LogP contribution in [0.25, 0.3) is 4.96 Å². The van der Waals surface area contributed by atoms with E-state index >= 15 is 0 Å². The van der Waals surface area contributed by atoms with Gasteiger partial charge in [0.15, 0.2) is 0 Å². The lowest BCUT2D eigenvalue weighted by Gasteiger charge is -2.15. The Labute approximate surface area is 113 Å². The quantitative estimate of drug-likeness (QED) is 0.654. The summed E-state index contributed by atoms with van der Waals surface area (Å²) in [5.41, 5.74) is 0. The molecule has 7 nitrogen and oxygen atoms in total. The van der Waals surface area contributed by atoms with Crippen molar-refractivity contribution in [2.75, 3.05) is 31.1 Å². The highest BCUT2D eigenvalue weighted by Crippen LogP contribution is 2.36. The number of fused-ring (bicyclic) bond motifs is 2. The molecular formula is C11H13N5O2S. The molecule has 2 saturated heterocycles. The first kappa shape index (κ1) is 11.2. The minimum absolute atomic E-state index is 0.101. The van der Waals surface area contributed by atoms with Gasteiger partial charge < -0.3 is 20.3 Å². The Balaban J connectivity index is 1.76. The van der Waals surface area contributed by atoms with Gasteiger partial charge in [-0.15, -0.1) is 0 Å². The number of rotatable bonds is 2. The number of nitrogens with one attached hydrogen (secondary N) is 1. The molecule has 2 aliphatic rings. The molecule has 0 aliphatic carbocycles. The maximum atomic E-state index is 11.3. The summed E-state index contributed by atoms with van der Waals surface area (Å²) in [5.74, 6) is 1.83. The normalized spacial score (nSPS) is 26.2. The van der Waals surface area contributed by atoms with Gasteiger partial charge in [-0.25, -0.2) is 0 Å². The third-order valence-electron chi connectivity index (χ3n) is 4.08. The van der Waals surface area contributed by atoms with E-state index in [0.717, 1.165) is 26.2 Å². The molecule has 2 aromatic rings. The van der Waals surface area contributed by atoms with Gasteiger partial charge in [-0.2, -0.15) is 9.38 Å². The zero-order valence-electron chi connectivity index (χ0n) is 10.2. The smallest absolute Gasteiger partial charge is 0.358 e. The van der Waals surface area contributed by atoms with Crippen LogP contribution in [-0.4, -0.2) is 40.5 Å². The fourth-order valence-corrected chi connectivity index (χ4v) is 3.88. The molecule has 0 bridgehead atoms. The first-order valence-electron chi connectivity index (χ1n) is 6.29. The van der Waals surface area contributed by atoms with Crippen LogP contribution < -0.4 is 10.2 Å². The van der Waals surface area contributed by atoms with Crippen molar-refractivity contribution in [2.24, 2.45) is 11.8 Å². The van der Waals surface area contributed by atoms with Crippen LogP contribution in [0.5, 0.6) is 0 Å². The summed E-state index contributed by atoms with van der Waals surface area (Å²) in [6, 6.07) is 0. The maximum Gasteiger partial charge on any atom is 0.373 e. The summed E-state index contributed by atoms with van der Waals surface area (Å²) in [4.78, 5) is 18.2. The number of hydrogen-bond acceptors (Lipinski definition) is 6. The van der Waals surface area contributed by atoms with E-state index in [4.69, 9.17) is 0 Å². The largest absolute Gasteiger partial charge is 0.373 e. The molecule has 8 heteroatoms. The number of nitrogens with zero attached hydrogens (tertiary/aromatic N) is 4. The second-order valence-corrected chi connectivity index (χ2v) is 6.03. The van der Waals surface area contributed by atoms with E-state index in [1.165, 1.54) is 11.3 Å². The molecule has 19 heavy (non-hydrogen) atoms. The van der Waals surface area contributed by atoms with Crippen molar-refractivity contribution in [3.05, 3.63) is 21.7 Å². The van der Waals surface area contributed by atoms with E-state index in [1.807, 2.05) is 5.38 Å². The van der Waals surface area contributed by atoms with Crippen LogP contribution in [0.3, 0.4) is 0 Å². The molecule has 0 radical (unpaired) electrons. The maximum absolute atomic E-state index is 11.3. The first-order chi connectivity index (χ1) is 9.24. The standard InChI is InChI=1S/C11H13N5O2S/c17-16(18)10-9(13-11-15(10)1-2-19-11)14-5-7-3-12-4-8(7)6-14/h1-2,7-8,12H,3-6H2. The second kappa shape index (κ2) is 3.91. The van der Waals surface area contributed by atoms with E-state index in [0.29, 0.717) is 22.6 Å². The molecule has 2 atom stereocenters. The molecule has 0 aromatic carbocycles. The molecule has 4 rings (SSSR count). The Bertz CT molecular complexity index is 639. The molecule has 2 unspecified atom stereocenters. The van der Waals surface area contributed by atoms with Gasteiger partial charge in [0.25, 0.3) is 4.96 Å². The van der Waals surface area contributed by atoms with Crippen LogP contribution in [0.1, 0.15) is 0 Å². The molecule has 2 aromatic heterocycles. The van der Waals surface area contributed by atoms with Gasteiger partial charge in [0.1, 0.15) is 6.20 Å². The average Bonchev–Trinajstić information content (AvgIpc) is 3.05. The zero-order chi connectivity index (χ0) is 13.0. The molecule has 100 valence electrons. The SMILES string of the molecule is O=[N+]([O-])c1c(N2CC3CNCC3C2)nc2sccn12. The van der Waals surface area contributed by atoms with E-state index < -0.39 is 0 Å². The van der Waals surface area contributed by atoms with Gasteiger partial charge in [0.05, 0.1) is 0 Å². The molecule has 2 aliphatic heterocycles. The average molecular weight is 279 g/mol. The van der Waals surface area contributed by atoms with Crippen molar-refractivity contribution >= 4 is 27.9 Å². The molecular weight excluding hydrogens is 266 g/mol. The Hall–Kier alpha value is -1.67. The minimum Gasteiger partial charge on any atom is -0.358 e. The number of imidazole rings is 1. The number of thiazole rings is 1. The van der Waals surface area contributed by atoms with Crippen LogP contribution >= 0.6 is 11.3 Å².